The van der Waals surface area contributed by atoms with Gasteiger partial charge >= 0.3 is 0 Å². The monoisotopic (exact) mass is 177 g/mol. The van der Waals surface area contributed by atoms with E-state index in [1.54, 1.807) is 0 Å². The Bertz CT molecular complexity index is 305. The summed E-state index contributed by atoms with van der Waals surface area (Å²) in [7, 11) is 0. The van der Waals surface area contributed by atoms with Crippen molar-refractivity contribution in [2.24, 2.45) is 5.73 Å². The predicted octanol–water partition coefficient (Wildman–Crippen LogP) is 1.70. The summed E-state index contributed by atoms with van der Waals surface area (Å²) in [6.45, 7) is 3.95. The van der Waals surface area contributed by atoms with Gasteiger partial charge in [0.15, 0.2) is 0 Å². The molecule has 0 aromatic heterocycles. The zero-order chi connectivity index (χ0) is 9.84. The van der Waals surface area contributed by atoms with Crippen LogP contribution in [-0.4, -0.2) is 12.3 Å². The van der Waals surface area contributed by atoms with Crippen LogP contribution in [0.15, 0.2) is 18.2 Å². The van der Waals surface area contributed by atoms with E-state index in [9.17, 15) is 4.79 Å². The summed E-state index contributed by atoms with van der Waals surface area (Å²) in [6.07, 6.45) is 1.65. The van der Waals surface area contributed by atoms with E-state index in [2.05, 4.69) is 0 Å². The topological polar surface area (TPSA) is 43.1 Å². The molecule has 1 unspecified atom stereocenters. The smallest absolute Gasteiger partial charge is 0.150 e. The van der Waals surface area contributed by atoms with E-state index in [0.29, 0.717) is 0 Å². The van der Waals surface area contributed by atoms with Gasteiger partial charge in [0.2, 0.25) is 0 Å². The molecule has 13 heavy (non-hydrogen) atoms. The van der Waals surface area contributed by atoms with Crippen molar-refractivity contribution in [3.05, 3.63) is 34.9 Å². The second kappa shape index (κ2) is 4.19. The van der Waals surface area contributed by atoms with Gasteiger partial charge in [-0.3, -0.25) is 4.79 Å². The molecule has 1 rings (SSSR count). The van der Waals surface area contributed by atoms with Crippen LogP contribution in [0.2, 0.25) is 0 Å². The average Bonchev–Trinajstić information content (AvgIpc) is 2.03. The van der Waals surface area contributed by atoms with Crippen molar-refractivity contribution in [1.82, 2.24) is 0 Å². The van der Waals surface area contributed by atoms with Gasteiger partial charge in [-0.05, 0) is 25.8 Å². The number of nitrogens with two attached hydrogens (primary N) is 1. The molecule has 0 aliphatic carbocycles. The van der Waals surface area contributed by atoms with Crippen LogP contribution >= 0.6 is 0 Å². The highest BCUT2D eigenvalue weighted by Gasteiger charge is 2.03. The van der Waals surface area contributed by atoms with Crippen molar-refractivity contribution in [2.75, 3.05) is 0 Å². The molecule has 0 aliphatic rings. The minimum Gasteiger partial charge on any atom is -0.328 e. The second-order valence-electron chi connectivity index (χ2n) is 3.50. The molecule has 70 valence electrons. The highest BCUT2D eigenvalue weighted by Crippen LogP contribution is 2.11. The zero-order valence-electron chi connectivity index (χ0n) is 8.08. The lowest BCUT2D eigenvalue weighted by Gasteiger charge is -2.08. The summed E-state index contributed by atoms with van der Waals surface area (Å²) in [4.78, 5) is 10.7. The first-order chi connectivity index (χ1) is 6.13. The van der Waals surface area contributed by atoms with Gasteiger partial charge in [0.1, 0.15) is 6.29 Å². The SMILES string of the molecule is Cc1ccc(C=O)c(CC(C)N)c1. The van der Waals surface area contributed by atoms with Crippen LogP contribution in [0, 0.1) is 6.92 Å². The molecule has 0 amide bonds. The maximum atomic E-state index is 10.7. The van der Waals surface area contributed by atoms with E-state index in [0.717, 1.165) is 23.8 Å². The van der Waals surface area contributed by atoms with Crippen molar-refractivity contribution in [2.45, 2.75) is 26.3 Å². The van der Waals surface area contributed by atoms with Crippen molar-refractivity contribution in [1.29, 1.82) is 0 Å². The number of hydrogen-bond donors (Lipinski definition) is 1. The molecular formula is C11H15NO. The maximum Gasteiger partial charge on any atom is 0.150 e. The van der Waals surface area contributed by atoms with Gasteiger partial charge in [-0.25, -0.2) is 0 Å². The Morgan fingerprint density at radius 1 is 1.54 bits per heavy atom. The normalized spacial score (nSPS) is 12.5. The molecule has 0 bridgehead atoms. The molecule has 2 N–H and O–H groups in total. The zero-order valence-corrected chi connectivity index (χ0v) is 8.08. The lowest BCUT2D eigenvalue weighted by Crippen LogP contribution is -2.18. The first-order valence-electron chi connectivity index (χ1n) is 4.43. The van der Waals surface area contributed by atoms with Crippen LogP contribution in [0.5, 0.6) is 0 Å². The van der Waals surface area contributed by atoms with Crippen LogP contribution in [0.1, 0.15) is 28.4 Å². The Balaban J connectivity index is 3.01. The standard InChI is InChI=1S/C11H15NO/c1-8-3-4-10(7-13)11(5-8)6-9(2)12/h3-5,7,9H,6,12H2,1-2H3. The van der Waals surface area contributed by atoms with E-state index in [4.69, 9.17) is 5.73 Å². The van der Waals surface area contributed by atoms with Crippen LogP contribution < -0.4 is 5.73 Å². The number of carbonyl (C=O) groups excluding carboxylic acids is 1. The van der Waals surface area contributed by atoms with Crippen LogP contribution in [-0.2, 0) is 6.42 Å². The minimum absolute atomic E-state index is 0.0977. The van der Waals surface area contributed by atoms with Crippen molar-refractivity contribution < 1.29 is 4.79 Å². The number of benzene rings is 1. The molecule has 0 saturated carbocycles. The van der Waals surface area contributed by atoms with E-state index in [1.165, 1.54) is 5.56 Å². The number of carbonyl (C=O) groups is 1. The second-order valence-corrected chi connectivity index (χ2v) is 3.50. The van der Waals surface area contributed by atoms with E-state index >= 15 is 0 Å². The van der Waals surface area contributed by atoms with Crippen molar-refractivity contribution >= 4 is 6.29 Å². The Labute approximate surface area is 78.8 Å². The molecule has 2 nitrogen and oxygen atoms in total. The Morgan fingerprint density at radius 3 is 2.77 bits per heavy atom. The molecule has 2 heteroatoms. The Hall–Kier alpha value is -1.15. The number of rotatable bonds is 3. The third kappa shape index (κ3) is 2.67. The van der Waals surface area contributed by atoms with Crippen LogP contribution in [0.3, 0.4) is 0 Å². The van der Waals surface area contributed by atoms with E-state index in [1.807, 2.05) is 32.0 Å². The quantitative estimate of drug-likeness (QED) is 0.714. The molecule has 0 heterocycles. The average molecular weight is 177 g/mol. The summed E-state index contributed by atoms with van der Waals surface area (Å²) in [6, 6.07) is 5.90. The van der Waals surface area contributed by atoms with Gasteiger partial charge in [-0.15, -0.1) is 0 Å². The third-order valence-corrected chi connectivity index (χ3v) is 1.97. The molecular weight excluding hydrogens is 162 g/mol. The highest BCUT2D eigenvalue weighted by molar-refractivity contribution is 5.77. The molecule has 1 aromatic rings. The third-order valence-electron chi connectivity index (χ3n) is 1.97. The first kappa shape index (κ1) is 9.93. The number of hydrogen-bond acceptors (Lipinski definition) is 2. The summed E-state index contributed by atoms with van der Waals surface area (Å²) < 4.78 is 0. The minimum atomic E-state index is 0.0977. The Morgan fingerprint density at radius 2 is 2.23 bits per heavy atom. The molecule has 0 aliphatic heterocycles. The maximum absolute atomic E-state index is 10.7. The molecule has 1 atom stereocenters. The fourth-order valence-corrected chi connectivity index (χ4v) is 1.37. The van der Waals surface area contributed by atoms with E-state index in [-0.39, 0.29) is 6.04 Å². The fraction of sp³-hybridized carbons (Fsp3) is 0.364. The van der Waals surface area contributed by atoms with Gasteiger partial charge in [0.05, 0.1) is 0 Å². The van der Waals surface area contributed by atoms with Gasteiger partial charge in [-0.2, -0.15) is 0 Å². The van der Waals surface area contributed by atoms with E-state index < -0.39 is 0 Å². The fourth-order valence-electron chi connectivity index (χ4n) is 1.37. The predicted molar refractivity (Wildman–Crippen MR) is 53.9 cm³/mol. The number of aryl methyl sites for hydroxylation is 1. The number of aldehydes is 1. The van der Waals surface area contributed by atoms with Gasteiger partial charge in [-0.1, -0.05) is 23.8 Å². The summed E-state index contributed by atoms with van der Waals surface area (Å²) in [5.41, 5.74) is 8.65. The van der Waals surface area contributed by atoms with Gasteiger partial charge < -0.3 is 5.73 Å². The Kier molecular flexibility index (Phi) is 3.20. The molecule has 0 radical (unpaired) electrons. The molecule has 0 spiro atoms. The van der Waals surface area contributed by atoms with Crippen LogP contribution in [0.4, 0.5) is 0 Å². The molecule has 0 saturated heterocycles. The molecule has 0 fully saturated rings. The van der Waals surface area contributed by atoms with Crippen LogP contribution in [0.25, 0.3) is 0 Å². The lowest BCUT2D eigenvalue weighted by molar-refractivity contribution is 0.112. The summed E-state index contributed by atoms with van der Waals surface area (Å²) in [5, 5.41) is 0. The largest absolute Gasteiger partial charge is 0.328 e. The summed E-state index contributed by atoms with van der Waals surface area (Å²) >= 11 is 0. The first-order valence-corrected chi connectivity index (χ1v) is 4.43. The molecule has 1 aromatic carbocycles. The van der Waals surface area contributed by atoms with Gasteiger partial charge in [0.25, 0.3) is 0 Å². The van der Waals surface area contributed by atoms with Crippen molar-refractivity contribution in [3.8, 4) is 0 Å². The van der Waals surface area contributed by atoms with Gasteiger partial charge in [0, 0.05) is 11.6 Å². The van der Waals surface area contributed by atoms with Crippen molar-refractivity contribution in [3.63, 3.8) is 0 Å². The lowest BCUT2D eigenvalue weighted by atomic mass is 10.00. The summed E-state index contributed by atoms with van der Waals surface area (Å²) in [5.74, 6) is 0. The highest BCUT2D eigenvalue weighted by atomic mass is 16.1.